The molecule has 0 fully saturated rings. The Hall–Kier alpha value is -1.27. The first-order chi connectivity index (χ1) is 9.20. The van der Waals surface area contributed by atoms with E-state index in [1.165, 1.54) is 6.07 Å². The summed E-state index contributed by atoms with van der Waals surface area (Å²) in [5.74, 6) is 0.489. The van der Waals surface area contributed by atoms with Gasteiger partial charge in [0.2, 0.25) is 0 Å². The van der Waals surface area contributed by atoms with Crippen LogP contribution < -0.4 is 5.32 Å². The highest BCUT2D eigenvalue weighted by molar-refractivity contribution is 9.10. The molecule has 0 amide bonds. The van der Waals surface area contributed by atoms with Crippen molar-refractivity contribution in [3.63, 3.8) is 0 Å². The lowest BCUT2D eigenvalue weighted by atomic mass is 10.2. The standard InChI is InChI=1S/C13H16BrFN4/c1-2-6-16-7-12-17-9-19(18-12)8-10-4-3-5-11(15)13(10)14/h3-5,9,16H,2,6-8H2,1H3. The minimum Gasteiger partial charge on any atom is -0.310 e. The zero-order valence-corrected chi connectivity index (χ0v) is 12.3. The predicted octanol–water partition coefficient (Wildman–Crippen LogP) is 2.73. The third kappa shape index (κ3) is 3.84. The average Bonchev–Trinajstić information content (AvgIpc) is 2.83. The number of rotatable bonds is 6. The van der Waals surface area contributed by atoms with Crippen LogP contribution in [0.2, 0.25) is 0 Å². The van der Waals surface area contributed by atoms with Gasteiger partial charge in [0.25, 0.3) is 0 Å². The van der Waals surface area contributed by atoms with Gasteiger partial charge in [-0.15, -0.1) is 0 Å². The van der Waals surface area contributed by atoms with E-state index in [0.717, 1.165) is 24.4 Å². The summed E-state index contributed by atoms with van der Waals surface area (Å²) in [6, 6.07) is 4.98. The molecule has 2 aromatic rings. The van der Waals surface area contributed by atoms with Crippen LogP contribution in [0, 0.1) is 5.82 Å². The van der Waals surface area contributed by atoms with E-state index in [1.54, 1.807) is 17.1 Å². The van der Waals surface area contributed by atoms with Crippen molar-refractivity contribution in [2.45, 2.75) is 26.4 Å². The van der Waals surface area contributed by atoms with Crippen molar-refractivity contribution in [1.82, 2.24) is 20.1 Å². The number of nitrogens with one attached hydrogen (secondary N) is 1. The summed E-state index contributed by atoms with van der Waals surface area (Å²) in [5, 5.41) is 7.59. The van der Waals surface area contributed by atoms with Crippen molar-refractivity contribution in [2.75, 3.05) is 6.54 Å². The lowest BCUT2D eigenvalue weighted by molar-refractivity contribution is 0.605. The van der Waals surface area contributed by atoms with Crippen LogP contribution in [0.3, 0.4) is 0 Å². The maximum atomic E-state index is 13.4. The van der Waals surface area contributed by atoms with Crippen molar-refractivity contribution < 1.29 is 4.39 Å². The maximum Gasteiger partial charge on any atom is 0.164 e. The SMILES string of the molecule is CCCNCc1ncn(Cc2cccc(F)c2Br)n1. The number of nitrogens with zero attached hydrogens (tertiary/aromatic N) is 3. The van der Waals surface area contributed by atoms with Crippen LogP contribution in [-0.2, 0) is 13.1 Å². The van der Waals surface area contributed by atoms with Gasteiger partial charge in [-0.05, 0) is 40.5 Å². The molecule has 1 N–H and O–H groups in total. The lowest BCUT2D eigenvalue weighted by Crippen LogP contribution is -2.15. The molecule has 2 rings (SSSR count). The van der Waals surface area contributed by atoms with E-state index in [-0.39, 0.29) is 5.82 Å². The largest absolute Gasteiger partial charge is 0.310 e. The summed E-state index contributed by atoms with van der Waals surface area (Å²) in [5.41, 5.74) is 0.845. The highest BCUT2D eigenvalue weighted by Gasteiger charge is 2.07. The minimum atomic E-state index is -0.262. The molecule has 4 nitrogen and oxygen atoms in total. The van der Waals surface area contributed by atoms with E-state index < -0.39 is 0 Å². The van der Waals surface area contributed by atoms with Crippen LogP contribution in [0.4, 0.5) is 4.39 Å². The fourth-order valence-corrected chi connectivity index (χ4v) is 2.10. The quantitative estimate of drug-likeness (QED) is 0.830. The molecule has 102 valence electrons. The van der Waals surface area contributed by atoms with Crippen LogP contribution in [0.15, 0.2) is 29.0 Å². The molecular formula is C13H16BrFN4. The molecule has 0 bridgehead atoms. The zero-order chi connectivity index (χ0) is 13.7. The highest BCUT2D eigenvalue weighted by atomic mass is 79.9. The Morgan fingerprint density at radius 1 is 1.42 bits per heavy atom. The molecule has 0 spiro atoms. The Balaban J connectivity index is 2.01. The Bertz CT molecular complexity index is 541. The molecule has 0 unspecified atom stereocenters. The maximum absolute atomic E-state index is 13.4. The van der Waals surface area contributed by atoms with Crippen LogP contribution in [0.25, 0.3) is 0 Å². The Morgan fingerprint density at radius 2 is 2.26 bits per heavy atom. The van der Waals surface area contributed by atoms with Gasteiger partial charge in [-0.2, -0.15) is 5.10 Å². The van der Waals surface area contributed by atoms with Gasteiger partial charge in [0, 0.05) is 0 Å². The van der Waals surface area contributed by atoms with E-state index in [2.05, 4.69) is 38.3 Å². The molecule has 1 heterocycles. The van der Waals surface area contributed by atoms with Gasteiger partial charge in [-0.3, -0.25) is 0 Å². The monoisotopic (exact) mass is 326 g/mol. The summed E-state index contributed by atoms with van der Waals surface area (Å²) < 4.78 is 15.6. The van der Waals surface area contributed by atoms with Crippen LogP contribution in [-0.4, -0.2) is 21.3 Å². The normalized spacial score (nSPS) is 10.9. The summed E-state index contributed by atoms with van der Waals surface area (Å²) in [7, 11) is 0. The first-order valence-corrected chi connectivity index (χ1v) is 7.02. The molecule has 0 aliphatic carbocycles. The number of hydrogen-bond acceptors (Lipinski definition) is 3. The Labute approximate surface area is 120 Å². The summed E-state index contributed by atoms with van der Waals surface area (Å²) in [6.07, 6.45) is 2.75. The van der Waals surface area contributed by atoms with Gasteiger partial charge in [-0.25, -0.2) is 14.1 Å². The number of hydrogen-bond donors (Lipinski definition) is 1. The fraction of sp³-hybridized carbons (Fsp3) is 0.385. The first-order valence-electron chi connectivity index (χ1n) is 6.22. The smallest absolute Gasteiger partial charge is 0.164 e. The van der Waals surface area contributed by atoms with Gasteiger partial charge in [0.15, 0.2) is 5.82 Å². The highest BCUT2D eigenvalue weighted by Crippen LogP contribution is 2.20. The first kappa shape index (κ1) is 14.1. The average molecular weight is 327 g/mol. The molecule has 19 heavy (non-hydrogen) atoms. The molecule has 0 atom stereocenters. The fourth-order valence-electron chi connectivity index (χ4n) is 1.71. The molecule has 0 aliphatic heterocycles. The summed E-state index contributed by atoms with van der Waals surface area (Å²) in [6.45, 7) is 4.22. The summed E-state index contributed by atoms with van der Waals surface area (Å²) >= 11 is 3.25. The molecular weight excluding hydrogens is 311 g/mol. The van der Waals surface area contributed by atoms with Crippen molar-refractivity contribution in [3.8, 4) is 0 Å². The molecule has 0 saturated carbocycles. The van der Waals surface area contributed by atoms with E-state index in [9.17, 15) is 4.39 Å². The third-order valence-electron chi connectivity index (χ3n) is 2.66. The molecule has 1 aromatic heterocycles. The van der Waals surface area contributed by atoms with Crippen molar-refractivity contribution >= 4 is 15.9 Å². The second-order valence-corrected chi connectivity index (χ2v) is 5.04. The molecule has 0 radical (unpaired) electrons. The van der Waals surface area contributed by atoms with Gasteiger partial charge >= 0.3 is 0 Å². The molecule has 0 saturated heterocycles. The second kappa shape index (κ2) is 6.77. The van der Waals surface area contributed by atoms with Crippen molar-refractivity contribution in [3.05, 3.63) is 46.2 Å². The number of benzene rings is 1. The Morgan fingerprint density at radius 3 is 3.05 bits per heavy atom. The molecule has 0 aliphatic rings. The van der Waals surface area contributed by atoms with E-state index in [0.29, 0.717) is 17.6 Å². The van der Waals surface area contributed by atoms with Gasteiger partial charge in [0.1, 0.15) is 12.1 Å². The zero-order valence-electron chi connectivity index (χ0n) is 10.7. The lowest BCUT2D eigenvalue weighted by Gasteiger charge is -2.04. The van der Waals surface area contributed by atoms with Gasteiger partial charge < -0.3 is 5.32 Å². The second-order valence-electron chi connectivity index (χ2n) is 4.25. The van der Waals surface area contributed by atoms with Crippen LogP contribution >= 0.6 is 15.9 Å². The van der Waals surface area contributed by atoms with Gasteiger partial charge in [0.05, 0.1) is 17.6 Å². The van der Waals surface area contributed by atoms with Gasteiger partial charge in [-0.1, -0.05) is 19.1 Å². The number of halogens is 2. The number of aromatic nitrogens is 3. The Kier molecular flexibility index (Phi) is 5.04. The topological polar surface area (TPSA) is 42.7 Å². The summed E-state index contributed by atoms with van der Waals surface area (Å²) in [4.78, 5) is 4.22. The van der Waals surface area contributed by atoms with Crippen molar-refractivity contribution in [2.24, 2.45) is 0 Å². The minimum absolute atomic E-state index is 0.262. The van der Waals surface area contributed by atoms with Crippen LogP contribution in [0.1, 0.15) is 24.7 Å². The molecule has 6 heteroatoms. The molecule has 1 aromatic carbocycles. The third-order valence-corrected chi connectivity index (χ3v) is 3.55. The van der Waals surface area contributed by atoms with E-state index in [4.69, 9.17) is 0 Å². The van der Waals surface area contributed by atoms with E-state index in [1.807, 2.05) is 6.07 Å². The van der Waals surface area contributed by atoms with Crippen molar-refractivity contribution in [1.29, 1.82) is 0 Å². The van der Waals surface area contributed by atoms with E-state index >= 15 is 0 Å². The van der Waals surface area contributed by atoms with Crippen LogP contribution in [0.5, 0.6) is 0 Å². The predicted molar refractivity (Wildman–Crippen MR) is 75.2 cm³/mol.